The number of nitrogens with one attached hydrogen (secondary N) is 3. The Morgan fingerprint density at radius 2 is 1.90 bits per heavy atom. The summed E-state index contributed by atoms with van der Waals surface area (Å²) in [5, 5.41) is 10.7. The molecule has 1 aromatic carbocycles. The van der Waals surface area contributed by atoms with Gasteiger partial charge in [-0.25, -0.2) is 4.98 Å². The number of benzene rings is 1. The molecule has 1 heterocycles. The van der Waals surface area contributed by atoms with Crippen LogP contribution in [0.2, 0.25) is 0 Å². The minimum Gasteiger partial charge on any atom is -0.360 e. The fourth-order valence-corrected chi connectivity index (χ4v) is 2.68. The molecule has 5 nitrogen and oxygen atoms in total. The molecule has 2 rings (SSSR count). The van der Waals surface area contributed by atoms with Crippen LogP contribution in [-0.2, 0) is 0 Å². The first-order valence-corrected chi connectivity index (χ1v) is 7.76. The molecule has 7 heteroatoms. The van der Waals surface area contributed by atoms with E-state index in [1.165, 1.54) is 4.70 Å². The van der Waals surface area contributed by atoms with E-state index in [1.54, 1.807) is 11.3 Å². The molecular weight excluding hydrogens is 397 g/mol. The molecule has 1 aromatic heterocycles. The van der Waals surface area contributed by atoms with E-state index in [-0.39, 0.29) is 24.0 Å². The maximum absolute atomic E-state index is 4.53. The first kappa shape index (κ1) is 18.0. The smallest absolute Gasteiger partial charge is 0.191 e. The minimum atomic E-state index is 0. The quantitative estimate of drug-likeness (QED) is 0.292. The molecule has 0 aliphatic carbocycles. The highest BCUT2D eigenvalue weighted by molar-refractivity contribution is 14.0. The van der Waals surface area contributed by atoms with E-state index in [0.717, 1.165) is 36.2 Å². The van der Waals surface area contributed by atoms with E-state index < -0.39 is 0 Å². The molecule has 0 fully saturated rings. The van der Waals surface area contributed by atoms with Crippen LogP contribution in [0.1, 0.15) is 13.8 Å². The van der Waals surface area contributed by atoms with Crippen molar-refractivity contribution in [2.45, 2.75) is 13.8 Å². The van der Waals surface area contributed by atoms with Gasteiger partial charge in [0.1, 0.15) is 0 Å². The van der Waals surface area contributed by atoms with Gasteiger partial charge in [0.15, 0.2) is 11.1 Å². The van der Waals surface area contributed by atoms with Gasteiger partial charge in [-0.3, -0.25) is 4.99 Å². The Hall–Kier alpha value is -1.09. The number of nitrogens with zero attached hydrogens (tertiary/aromatic N) is 2. The normalized spacial score (nSPS) is 9.81. The Bertz CT molecular complexity index is 528. The average Bonchev–Trinajstić information content (AvgIpc) is 2.86. The Kier molecular flexibility index (Phi) is 8.36. The number of para-hydroxylation sites is 1. The van der Waals surface area contributed by atoms with Crippen LogP contribution in [0.15, 0.2) is 29.3 Å². The van der Waals surface area contributed by atoms with Gasteiger partial charge in [-0.15, -0.1) is 24.0 Å². The molecule has 0 radical (unpaired) electrons. The number of halogens is 1. The first-order valence-electron chi connectivity index (χ1n) is 6.95. The molecule has 3 N–H and O–H groups in total. The number of fused-ring (bicyclic) bond motifs is 1. The molecule has 0 bridgehead atoms. The van der Waals surface area contributed by atoms with Gasteiger partial charge in [0.05, 0.1) is 16.8 Å². The number of guanidine groups is 1. The van der Waals surface area contributed by atoms with Crippen molar-refractivity contribution in [1.29, 1.82) is 0 Å². The minimum absolute atomic E-state index is 0. The van der Waals surface area contributed by atoms with E-state index in [4.69, 9.17) is 0 Å². The summed E-state index contributed by atoms with van der Waals surface area (Å²) in [4.78, 5) is 9.01. The van der Waals surface area contributed by atoms with Gasteiger partial charge in [0.25, 0.3) is 0 Å². The van der Waals surface area contributed by atoms with Crippen LogP contribution in [0, 0.1) is 0 Å². The lowest BCUT2D eigenvalue weighted by molar-refractivity contribution is 0.840. The van der Waals surface area contributed by atoms with Gasteiger partial charge in [0, 0.05) is 19.6 Å². The standard InChI is InChI=1S/C14H21N5S.HI/c1-3-15-13(16-4-2)17-9-10-18-14-19-11-7-5-6-8-12(11)20-14;/h5-8H,3-4,9-10H2,1-2H3,(H,18,19)(H2,15,16,17);1H. The third kappa shape index (κ3) is 5.66. The summed E-state index contributed by atoms with van der Waals surface area (Å²) in [6.07, 6.45) is 0. The summed E-state index contributed by atoms with van der Waals surface area (Å²) >= 11 is 1.67. The monoisotopic (exact) mass is 419 g/mol. The molecule has 0 saturated heterocycles. The number of hydrogen-bond acceptors (Lipinski definition) is 4. The topological polar surface area (TPSA) is 61.3 Å². The van der Waals surface area contributed by atoms with Crippen LogP contribution >= 0.6 is 35.3 Å². The SMILES string of the molecule is CCNC(=NCCNc1nc2ccccc2s1)NCC.I. The van der Waals surface area contributed by atoms with E-state index >= 15 is 0 Å². The average molecular weight is 419 g/mol. The first-order chi connectivity index (χ1) is 9.83. The fourth-order valence-electron chi connectivity index (χ4n) is 1.79. The summed E-state index contributed by atoms with van der Waals surface area (Å²) in [6, 6.07) is 8.16. The predicted molar refractivity (Wildman–Crippen MR) is 103 cm³/mol. The van der Waals surface area contributed by atoms with Crippen LogP contribution in [0.4, 0.5) is 5.13 Å². The van der Waals surface area contributed by atoms with Crippen molar-refractivity contribution in [3.63, 3.8) is 0 Å². The second-order valence-corrected chi connectivity index (χ2v) is 5.24. The number of hydrogen-bond donors (Lipinski definition) is 3. The van der Waals surface area contributed by atoms with Gasteiger partial charge < -0.3 is 16.0 Å². The van der Waals surface area contributed by atoms with Gasteiger partial charge >= 0.3 is 0 Å². The van der Waals surface area contributed by atoms with Gasteiger partial charge in [-0.1, -0.05) is 23.5 Å². The number of rotatable bonds is 6. The van der Waals surface area contributed by atoms with E-state index in [9.17, 15) is 0 Å². The second-order valence-electron chi connectivity index (χ2n) is 4.20. The molecule has 0 unspecified atom stereocenters. The van der Waals surface area contributed by atoms with Crippen LogP contribution in [-0.4, -0.2) is 37.1 Å². The van der Waals surface area contributed by atoms with Crippen LogP contribution < -0.4 is 16.0 Å². The van der Waals surface area contributed by atoms with Crippen molar-refractivity contribution in [3.05, 3.63) is 24.3 Å². The molecule has 0 atom stereocenters. The van der Waals surface area contributed by atoms with Crippen molar-refractivity contribution >= 4 is 56.6 Å². The number of anilines is 1. The largest absolute Gasteiger partial charge is 0.360 e. The molecule has 0 spiro atoms. The third-order valence-corrected chi connectivity index (χ3v) is 3.63. The second kappa shape index (κ2) is 9.78. The number of aliphatic imine (C=N–C) groups is 1. The zero-order valence-electron chi connectivity index (χ0n) is 12.3. The Morgan fingerprint density at radius 3 is 2.57 bits per heavy atom. The zero-order chi connectivity index (χ0) is 14.2. The number of thiazole rings is 1. The molecule has 116 valence electrons. The highest BCUT2D eigenvalue weighted by atomic mass is 127. The van der Waals surface area contributed by atoms with Crippen molar-refractivity contribution < 1.29 is 0 Å². The number of aromatic nitrogens is 1. The Morgan fingerprint density at radius 1 is 1.19 bits per heavy atom. The molecule has 0 saturated carbocycles. The zero-order valence-corrected chi connectivity index (χ0v) is 15.5. The molecular formula is C14H22IN5S. The Balaban J connectivity index is 0.00000220. The van der Waals surface area contributed by atoms with Gasteiger partial charge in [0.2, 0.25) is 0 Å². The van der Waals surface area contributed by atoms with E-state index in [0.29, 0.717) is 6.54 Å². The predicted octanol–water partition coefficient (Wildman–Crippen LogP) is 2.90. The van der Waals surface area contributed by atoms with Gasteiger partial charge in [-0.2, -0.15) is 0 Å². The van der Waals surface area contributed by atoms with Crippen molar-refractivity contribution in [3.8, 4) is 0 Å². The highest BCUT2D eigenvalue weighted by Crippen LogP contribution is 2.24. The molecule has 0 amide bonds. The summed E-state index contributed by atoms with van der Waals surface area (Å²) in [5.41, 5.74) is 1.05. The lowest BCUT2D eigenvalue weighted by Gasteiger charge is -2.08. The lowest BCUT2D eigenvalue weighted by Crippen LogP contribution is -2.37. The summed E-state index contributed by atoms with van der Waals surface area (Å²) in [7, 11) is 0. The van der Waals surface area contributed by atoms with Gasteiger partial charge in [-0.05, 0) is 26.0 Å². The van der Waals surface area contributed by atoms with Crippen molar-refractivity contribution in [2.24, 2.45) is 4.99 Å². The third-order valence-electron chi connectivity index (χ3n) is 2.64. The van der Waals surface area contributed by atoms with E-state index in [2.05, 4.69) is 45.8 Å². The molecule has 21 heavy (non-hydrogen) atoms. The molecule has 2 aromatic rings. The maximum atomic E-state index is 4.53. The summed E-state index contributed by atoms with van der Waals surface area (Å²) < 4.78 is 1.21. The van der Waals surface area contributed by atoms with Crippen LogP contribution in [0.5, 0.6) is 0 Å². The molecule has 0 aliphatic rings. The van der Waals surface area contributed by atoms with Crippen LogP contribution in [0.25, 0.3) is 10.2 Å². The van der Waals surface area contributed by atoms with Crippen LogP contribution in [0.3, 0.4) is 0 Å². The fraction of sp³-hybridized carbons (Fsp3) is 0.429. The Labute approximate surface area is 146 Å². The highest BCUT2D eigenvalue weighted by Gasteiger charge is 2.01. The van der Waals surface area contributed by atoms with E-state index in [1.807, 2.05) is 18.2 Å². The summed E-state index contributed by atoms with van der Waals surface area (Å²) in [5.74, 6) is 0.862. The summed E-state index contributed by atoms with van der Waals surface area (Å²) in [6.45, 7) is 7.36. The van der Waals surface area contributed by atoms with Crippen molar-refractivity contribution in [1.82, 2.24) is 15.6 Å². The maximum Gasteiger partial charge on any atom is 0.191 e. The van der Waals surface area contributed by atoms with Crippen molar-refractivity contribution in [2.75, 3.05) is 31.5 Å². The molecule has 0 aliphatic heterocycles. The lowest BCUT2D eigenvalue weighted by atomic mass is 10.3.